The van der Waals surface area contributed by atoms with E-state index in [9.17, 15) is 0 Å². The minimum Gasteiger partial charge on any atom is -0.472 e. The van der Waals surface area contributed by atoms with Crippen molar-refractivity contribution in [2.75, 3.05) is 13.2 Å². The third-order valence-electron chi connectivity index (χ3n) is 7.63. The lowest BCUT2D eigenvalue weighted by Gasteiger charge is -2.05. The van der Waals surface area contributed by atoms with Gasteiger partial charge in [-0.05, 0) is 67.1 Å². The summed E-state index contributed by atoms with van der Waals surface area (Å²) in [6, 6.07) is 20.8. The van der Waals surface area contributed by atoms with E-state index < -0.39 is 0 Å². The Morgan fingerprint density at radius 2 is 1.26 bits per heavy atom. The van der Waals surface area contributed by atoms with Gasteiger partial charge in [-0.25, -0.2) is 0 Å². The van der Waals surface area contributed by atoms with Gasteiger partial charge in [0.15, 0.2) is 0 Å². The first-order chi connectivity index (χ1) is 18.8. The van der Waals surface area contributed by atoms with Crippen molar-refractivity contribution in [2.45, 2.75) is 64.7 Å². The molecule has 2 nitrogen and oxygen atoms in total. The summed E-state index contributed by atoms with van der Waals surface area (Å²) >= 11 is 3.83. The van der Waals surface area contributed by atoms with Crippen molar-refractivity contribution < 1.29 is 9.15 Å². The first-order valence-electron chi connectivity index (χ1n) is 14.2. The number of ether oxygens (including phenoxy) is 1. The van der Waals surface area contributed by atoms with Crippen molar-refractivity contribution in [3.8, 4) is 11.1 Å². The number of hydrogen-bond donors (Lipinski definition) is 0. The van der Waals surface area contributed by atoms with E-state index in [-0.39, 0.29) is 0 Å². The van der Waals surface area contributed by atoms with Gasteiger partial charge in [0, 0.05) is 59.1 Å². The van der Waals surface area contributed by atoms with Crippen LogP contribution in [0.15, 0.2) is 71.5 Å². The van der Waals surface area contributed by atoms with E-state index in [0.717, 1.165) is 18.8 Å². The SMILES string of the molecule is CCCCCCOCCCCCCc1ccc2c(c1)sc1cc3c(cc12)sc1cc(-c2ccoc2)ccc13. The molecular weight excluding hydrogens is 505 g/mol. The molecule has 3 aromatic heterocycles. The summed E-state index contributed by atoms with van der Waals surface area (Å²) in [7, 11) is 0. The molecule has 0 fully saturated rings. The van der Waals surface area contributed by atoms with Gasteiger partial charge in [-0.1, -0.05) is 63.3 Å². The molecule has 0 aliphatic carbocycles. The van der Waals surface area contributed by atoms with E-state index in [4.69, 9.17) is 9.15 Å². The van der Waals surface area contributed by atoms with E-state index in [1.54, 1.807) is 6.26 Å². The molecule has 0 spiro atoms. The third-order valence-corrected chi connectivity index (χ3v) is 9.86. The average Bonchev–Trinajstić information content (AvgIpc) is 3.67. The second-order valence-electron chi connectivity index (χ2n) is 10.4. The minimum atomic E-state index is 0.929. The van der Waals surface area contributed by atoms with Gasteiger partial charge in [0.25, 0.3) is 0 Å². The van der Waals surface area contributed by atoms with Crippen molar-refractivity contribution >= 4 is 63.0 Å². The predicted molar refractivity (Wildman–Crippen MR) is 167 cm³/mol. The Morgan fingerprint density at radius 3 is 1.97 bits per heavy atom. The highest BCUT2D eigenvalue weighted by Gasteiger charge is 2.12. The number of fused-ring (bicyclic) bond motifs is 6. The van der Waals surface area contributed by atoms with Gasteiger partial charge in [0.05, 0.1) is 12.5 Å². The molecule has 0 N–H and O–H groups in total. The molecule has 0 aliphatic heterocycles. The molecule has 196 valence electrons. The van der Waals surface area contributed by atoms with Gasteiger partial charge in [-0.3, -0.25) is 0 Å². The standard InChI is InChI=1S/C34H36O2S2/c1-2-3-4-8-16-35-17-9-6-5-7-10-24-11-13-27-29-21-34-30(22-33(29)37-31(27)19-24)28-14-12-25(20-32(28)38-34)26-15-18-36-23-26/h11-15,18-23H,2-10,16-17H2,1H3. The highest BCUT2D eigenvalue weighted by Crippen LogP contribution is 2.42. The van der Waals surface area contributed by atoms with Crippen LogP contribution < -0.4 is 0 Å². The lowest BCUT2D eigenvalue weighted by molar-refractivity contribution is 0.126. The van der Waals surface area contributed by atoms with Crippen LogP contribution in [-0.2, 0) is 11.2 Å². The Balaban J connectivity index is 1.10. The molecule has 0 aliphatic rings. The Morgan fingerprint density at radius 1 is 0.605 bits per heavy atom. The summed E-state index contributed by atoms with van der Waals surface area (Å²) < 4.78 is 16.6. The van der Waals surface area contributed by atoms with Gasteiger partial charge < -0.3 is 9.15 Å². The number of hydrogen-bond acceptors (Lipinski definition) is 4. The van der Waals surface area contributed by atoms with E-state index in [2.05, 4.69) is 55.5 Å². The van der Waals surface area contributed by atoms with Crippen molar-refractivity contribution in [1.82, 2.24) is 0 Å². The summed E-state index contributed by atoms with van der Waals surface area (Å²) in [5, 5.41) is 5.50. The first kappa shape index (κ1) is 25.6. The molecule has 0 radical (unpaired) electrons. The number of benzene rings is 3. The van der Waals surface area contributed by atoms with Crippen molar-refractivity contribution in [2.24, 2.45) is 0 Å². The maximum Gasteiger partial charge on any atom is 0.0980 e. The Hall–Kier alpha value is -2.66. The molecule has 0 unspecified atom stereocenters. The van der Waals surface area contributed by atoms with Crippen molar-refractivity contribution in [1.29, 1.82) is 0 Å². The molecule has 0 saturated carbocycles. The summed E-state index contributed by atoms with van der Waals surface area (Å²) in [6.07, 6.45) is 14.9. The molecule has 3 heterocycles. The molecule has 0 bridgehead atoms. The normalized spacial score (nSPS) is 12.0. The number of thiophene rings is 2. The molecule has 4 heteroatoms. The summed E-state index contributed by atoms with van der Waals surface area (Å²) in [5.74, 6) is 0. The summed E-state index contributed by atoms with van der Waals surface area (Å²) in [4.78, 5) is 0. The molecule has 6 aromatic rings. The number of unbranched alkanes of at least 4 members (excludes halogenated alkanes) is 6. The van der Waals surface area contributed by atoms with Gasteiger partial charge in [0.1, 0.15) is 0 Å². The van der Waals surface area contributed by atoms with Crippen LogP contribution in [0, 0.1) is 0 Å². The lowest BCUT2D eigenvalue weighted by atomic mass is 10.0. The van der Waals surface area contributed by atoms with E-state index in [1.165, 1.54) is 109 Å². The zero-order valence-corrected chi connectivity index (χ0v) is 23.9. The summed E-state index contributed by atoms with van der Waals surface area (Å²) in [6.45, 7) is 4.12. The second kappa shape index (κ2) is 12.0. The highest BCUT2D eigenvalue weighted by atomic mass is 32.1. The number of furan rings is 1. The number of rotatable bonds is 13. The fraction of sp³-hybridized carbons (Fsp3) is 0.353. The Bertz CT molecular complexity index is 1640. The smallest absolute Gasteiger partial charge is 0.0980 e. The molecule has 6 rings (SSSR count). The van der Waals surface area contributed by atoms with Crippen molar-refractivity contribution in [3.05, 3.63) is 72.7 Å². The van der Waals surface area contributed by atoms with Gasteiger partial charge in [-0.15, -0.1) is 22.7 Å². The lowest BCUT2D eigenvalue weighted by Crippen LogP contribution is -1.97. The largest absolute Gasteiger partial charge is 0.472 e. The molecule has 3 aromatic carbocycles. The van der Waals surface area contributed by atoms with Crippen LogP contribution in [0.3, 0.4) is 0 Å². The number of aryl methyl sites for hydroxylation is 1. The third kappa shape index (κ3) is 5.54. The van der Waals surface area contributed by atoms with E-state index in [0.29, 0.717) is 0 Å². The van der Waals surface area contributed by atoms with Crippen LogP contribution >= 0.6 is 22.7 Å². The van der Waals surface area contributed by atoms with Crippen LogP contribution in [0.25, 0.3) is 51.5 Å². The maximum atomic E-state index is 5.79. The van der Waals surface area contributed by atoms with E-state index >= 15 is 0 Å². The predicted octanol–water partition coefficient (Wildman–Crippen LogP) is 11.4. The summed E-state index contributed by atoms with van der Waals surface area (Å²) in [5.41, 5.74) is 3.81. The molecule has 0 atom stereocenters. The quantitative estimate of drug-likeness (QED) is 0.136. The van der Waals surface area contributed by atoms with Crippen LogP contribution in [0.4, 0.5) is 0 Å². The monoisotopic (exact) mass is 540 g/mol. The van der Waals surface area contributed by atoms with Gasteiger partial charge >= 0.3 is 0 Å². The average molecular weight is 541 g/mol. The molecule has 38 heavy (non-hydrogen) atoms. The van der Waals surface area contributed by atoms with Crippen LogP contribution in [0.2, 0.25) is 0 Å². The topological polar surface area (TPSA) is 22.4 Å². The fourth-order valence-corrected chi connectivity index (χ4v) is 7.83. The van der Waals surface area contributed by atoms with Gasteiger partial charge in [-0.2, -0.15) is 0 Å². The van der Waals surface area contributed by atoms with Gasteiger partial charge in [0.2, 0.25) is 0 Å². The van der Waals surface area contributed by atoms with Crippen LogP contribution in [0.5, 0.6) is 0 Å². The highest BCUT2D eigenvalue weighted by molar-refractivity contribution is 7.27. The first-order valence-corrected chi connectivity index (χ1v) is 15.9. The Kier molecular flexibility index (Phi) is 8.10. The zero-order valence-electron chi connectivity index (χ0n) is 22.3. The molecular formula is C34H36O2S2. The second-order valence-corrected chi connectivity index (χ2v) is 12.6. The van der Waals surface area contributed by atoms with Crippen LogP contribution in [0.1, 0.15) is 63.9 Å². The molecule has 0 amide bonds. The fourth-order valence-electron chi connectivity index (χ4n) is 5.47. The van der Waals surface area contributed by atoms with Crippen molar-refractivity contribution in [3.63, 3.8) is 0 Å². The minimum absolute atomic E-state index is 0.929. The van der Waals surface area contributed by atoms with E-state index in [1.807, 2.05) is 35.0 Å². The zero-order chi connectivity index (χ0) is 25.7. The maximum absolute atomic E-state index is 5.79. The Labute approximate surface area is 233 Å². The molecule has 0 saturated heterocycles. The van der Waals surface area contributed by atoms with Crippen LogP contribution in [-0.4, -0.2) is 13.2 Å².